The zero-order valence-electron chi connectivity index (χ0n) is 11.0. The van der Waals surface area contributed by atoms with Crippen molar-refractivity contribution >= 4 is 45.6 Å². The van der Waals surface area contributed by atoms with Crippen LogP contribution in [0.5, 0.6) is 5.88 Å². The van der Waals surface area contributed by atoms with E-state index in [1.54, 1.807) is 36.4 Å². The number of amides is 1. The van der Waals surface area contributed by atoms with Gasteiger partial charge in [0.1, 0.15) is 0 Å². The summed E-state index contributed by atoms with van der Waals surface area (Å²) < 4.78 is 0. The summed E-state index contributed by atoms with van der Waals surface area (Å²) in [4.78, 5) is 19.2. The highest BCUT2D eigenvalue weighted by Gasteiger charge is 2.25. The van der Waals surface area contributed by atoms with Crippen LogP contribution < -0.4 is 10.6 Å². The van der Waals surface area contributed by atoms with Crippen LogP contribution in [-0.4, -0.2) is 16.0 Å². The highest BCUT2D eigenvalue weighted by Crippen LogP contribution is 2.34. The van der Waals surface area contributed by atoms with Crippen LogP contribution in [0.15, 0.2) is 41.4 Å². The SMILES string of the molecule is O=C1N=c2ccc(Cl)cc2=C1c1c(O)[nH]c2ccc(Cl)cc12. The van der Waals surface area contributed by atoms with Gasteiger partial charge in [0.15, 0.2) is 5.88 Å². The molecule has 6 heteroatoms. The summed E-state index contributed by atoms with van der Waals surface area (Å²) >= 11 is 12.1. The Bertz CT molecular complexity index is 1080. The van der Waals surface area contributed by atoms with E-state index >= 15 is 0 Å². The average Bonchev–Trinajstić information content (AvgIpc) is 2.94. The fraction of sp³-hybridized carbons (Fsp3) is 0. The predicted octanol–water partition coefficient (Wildman–Crippen LogP) is 2.54. The Hall–Kier alpha value is -2.30. The normalized spacial score (nSPS) is 13.5. The van der Waals surface area contributed by atoms with E-state index in [4.69, 9.17) is 23.2 Å². The maximum Gasteiger partial charge on any atom is 0.279 e. The molecule has 1 amide bonds. The predicted molar refractivity (Wildman–Crippen MR) is 84.7 cm³/mol. The van der Waals surface area contributed by atoms with E-state index < -0.39 is 5.91 Å². The van der Waals surface area contributed by atoms with Crippen LogP contribution in [0.25, 0.3) is 16.5 Å². The Morgan fingerprint density at radius 3 is 2.59 bits per heavy atom. The molecule has 4 nitrogen and oxygen atoms in total. The lowest BCUT2D eigenvalue weighted by atomic mass is 10.0. The molecule has 0 saturated heterocycles. The maximum atomic E-state index is 12.3. The zero-order chi connectivity index (χ0) is 15.4. The molecule has 0 atom stereocenters. The van der Waals surface area contributed by atoms with Gasteiger partial charge in [0.05, 0.1) is 16.5 Å². The van der Waals surface area contributed by atoms with Crippen LogP contribution in [0.3, 0.4) is 0 Å². The van der Waals surface area contributed by atoms with Crippen molar-refractivity contribution in [1.29, 1.82) is 0 Å². The lowest BCUT2D eigenvalue weighted by Crippen LogP contribution is -2.22. The van der Waals surface area contributed by atoms with Gasteiger partial charge >= 0.3 is 0 Å². The van der Waals surface area contributed by atoms with Gasteiger partial charge in [-0.2, -0.15) is 0 Å². The average molecular weight is 331 g/mol. The van der Waals surface area contributed by atoms with Gasteiger partial charge in [0.25, 0.3) is 5.91 Å². The number of aromatic nitrogens is 1. The first-order chi connectivity index (χ1) is 10.5. The smallest absolute Gasteiger partial charge is 0.279 e. The number of nitrogens with one attached hydrogen (secondary N) is 1. The number of halogens is 2. The van der Waals surface area contributed by atoms with Crippen molar-refractivity contribution < 1.29 is 9.90 Å². The molecule has 2 N–H and O–H groups in total. The summed E-state index contributed by atoms with van der Waals surface area (Å²) in [6, 6.07) is 10.2. The summed E-state index contributed by atoms with van der Waals surface area (Å²) in [6.07, 6.45) is 0. The van der Waals surface area contributed by atoms with Crippen molar-refractivity contribution in [3.63, 3.8) is 0 Å². The van der Waals surface area contributed by atoms with Crippen molar-refractivity contribution in [3.8, 4) is 5.88 Å². The summed E-state index contributed by atoms with van der Waals surface area (Å²) in [6.45, 7) is 0. The summed E-state index contributed by atoms with van der Waals surface area (Å²) in [5.41, 5.74) is 1.41. The Morgan fingerprint density at radius 2 is 1.77 bits per heavy atom. The number of carbonyl (C=O) groups excluding carboxylic acids is 1. The topological polar surface area (TPSA) is 65.4 Å². The van der Waals surface area contributed by atoms with Crippen molar-refractivity contribution in [3.05, 3.63) is 62.6 Å². The number of rotatable bonds is 1. The first-order valence-corrected chi connectivity index (χ1v) is 7.23. The van der Waals surface area contributed by atoms with Gasteiger partial charge in [-0.05, 0) is 36.4 Å². The molecular weight excluding hydrogens is 323 g/mol. The minimum absolute atomic E-state index is 0.0938. The second kappa shape index (κ2) is 4.60. The van der Waals surface area contributed by atoms with E-state index in [2.05, 4.69) is 9.98 Å². The third-order valence-electron chi connectivity index (χ3n) is 3.65. The number of hydrogen-bond acceptors (Lipinski definition) is 2. The standard InChI is InChI=1S/C16H8Cl2N2O2/c17-7-1-3-11-9(5-7)13(15(21)19-11)14-10-6-8(18)2-4-12(10)20-16(14)22/h1-6,19,21H. The number of aromatic amines is 1. The van der Waals surface area contributed by atoms with Gasteiger partial charge in [-0.1, -0.05) is 23.2 Å². The lowest BCUT2D eigenvalue weighted by Gasteiger charge is -2.00. The fourth-order valence-electron chi connectivity index (χ4n) is 2.73. The maximum absolute atomic E-state index is 12.3. The van der Waals surface area contributed by atoms with Gasteiger partial charge in [0, 0.05) is 26.2 Å². The number of benzene rings is 2. The zero-order valence-corrected chi connectivity index (χ0v) is 12.5. The van der Waals surface area contributed by atoms with Crippen LogP contribution in [0, 0.1) is 0 Å². The van der Waals surface area contributed by atoms with E-state index in [0.717, 1.165) is 0 Å². The number of carbonyl (C=O) groups is 1. The second-order valence-electron chi connectivity index (χ2n) is 4.99. The molecule has 3 aromatic rings. The lowest BCUT2D eigenvalue weighted by molar-refractivity contribution is -0.112. The molecule has 108 valence electrons. The van der Waals surface area contributed by atoms with Gasteiger partial charge in [0.2, 0.25) is 0 Å². The molecule has 0 saturated carbocycles. The van der Waals surface area contributed by atoms with E-state index in [-0.39, 0.29) is 5.88 Å². The summed E-state index contributed by atoms with van der Waals surface area (Å²) in [7, 11) is 0. The number of hydrogen-bond donors (Lipinski definition) is 2. The molecule has 0 fully saturated rings. The molecular formula is C16H8Cl2N2O2. The first kappa shape index (κ1) is 13.4. The Labute approximate surface area is 134 Å². The molecule has 22 heavy (non-hydrogen) atoms. The van der Waals surface area contributed by atoms with Crippen molar-refractivity contribution in [2.45, 2.75) is 0 Å². The summed E-state index contributed by atoms with van der Waals surface area (Å²) in [5, 5.41) is 13.1. The van der Waals surface area contributed by atoms with Gasteiger partial charge < -0.3 is 10.1 Å². The minimum Gasteiger partial charge on any atom is -0.494 e. The molecule has 1 aromatic heterocycles. The minimum atomic E-state index is -0.409. The van der Waals surface area contributed by atoms with Crippen LogP contribution in [-0.2, 0) is 4.79 Å². The Balaban J connectivity index is 2.18. The monoisotopic (exact) mass is 330 g/mol. The van der Waals surface area contributed by atoms with Crippen LogP contribution in [0.1, 0.15) is 5.56 Å². The molecule has 0 unspecified atom stereocenters. The quantitative estimate of drug-likeness (QED) is 0.720. The molecule has 1 aliphatic heterocycles. The number of nitrogens with zero attached hydrogens (tertiary/aromatic N) is 1. The molecule has 0 spiro atoms. The van der Waals surface area contributed by atoms with E-state index in [9.17, 15) is 9.90 Å². The number of H-pyrrole nitrogens is 1. The number of fused-ring (bicyclic) bond motifs is 2. The van der Waals surface area contributed by atoms with E-state index in [0.29, 0.717) is 42.7 Å². The highest BCUT2D eigenvalue weighted by atomic mass is 35.5. The van der Waals surface area contributed by atoms with Crippen molar-refractivity contribution in [2.24, 2.45) is 4.99 Å². The molecule has 4 rings (SSSR count). The molecule has 2 heterocycles. The molecule has 0 aliphatic carbocycles. The Kier molecular flexibility index (Phi) is 2.79. The van der Waals surface area contributed by atoms with Crippen molar-refractivity contribution in [2.75, 3.05) is 0 Å². The van der Waals surface area contributed by atoms with Gasteiger partial charge in [-0.25, -0.2) is 4.99 Å². The Morgan fingerprint density at radius 1 is 1.05 bits per heavy atom. The molecule has 0 radical (unpaired) electrons. The van der Waals surface area contributed by atoms with Crippen molar-refractivity contribution in [1.82, 2.24) is 4.98 Å². The molecule has 2 aromatic carbocycles. The van der Waals surface area contributed by atoms with E-state index in [1.165, 1.54) is 0 Å². The van der Waals surface area contributed by atoms with Crippen LogP contribution in [0.4, 0.5) is 0 Å². The van der Waals surface area contributed by atoms with Gasteiger partial charge in [-0.15, -0.1) is 0 Å². The fourth-order valence-corrected chi connectivity index (χ4v) is 3.08. The molecule has 0 bridgehead atoms. The molecule has 1 aliphatic rings. The second-order valence-corrected chi connectivity index (χ2v) is 5.86. The summed E-state index contributed by atoms with van der Waals surface area (Å²) in [5.74, 6) is -0.503. The third kappa shape index (κ3) is 1.85. The highest BCUT2D eigenvalue weighted by molar-refractivity contribution is 6.32. The van der Waals surface area contributed by atoms with Crippen LogP contribution in [0.2, 0.25) is 10.0 Å². The third-order valence-corrected chi connectivity index (χ3v) is 4.12. The van der Waals surface area contributed by atoms with E-state index in [1.807, 2.05) is 0 Å². The van der Waals surface area contributed by atoms with Crippen LogP contribution >= 0.6 is 23.2 Å². The first-order valence-electron chi connectivity index (χ1n) is 6.48. The number of aromatic hydroxyl groups is 1. The largest absolute Gasteiger partial charge is 0.494 e. The van der Waals surface area contributed by atoms with Gasteiger partial charge in [-0.3, -0.25) is 4.79 Å².